The summed E-state index contributed by atoms with van der Waals surface area (Å²) in [6.45, 7) is 7.27. The highest BCUT2D eigenvalue weighted by Gasteiger charge is 2.33. The maximum Gasteiger partial charge on any atom is 0.330 e. The Morgan fingerprint density at radius 2 is 1.84 bits per heavy atom. The van der Waals surface area contributed by atoms with Gasteiger partial charge in [-0.25, -0.2) is 9.18 Å². The predicted molar refractivity (Wildman–Crippen MR) is 117 cm³/mol. The highest BCUT2D eigenvalue weighted by molar-refractivity contribution is 6.01. The van der Waals surface area contributed by atoms with Crippen molar-refractivity contribution in [1.29, 1.82) is 0 Å². The minimum atomic E-state index is -0.525. The Hall–Kier alpha value is -2.73. The lowest BCUT2D eigenvalue weighted by Gasteiger charge is -2.33. The third-order valence-electron chi connectivity index (χ3n) is 6.06. The molecular formula is C25H29FN2O3. The van der Waals surface area contributed by atoms with Crippen LogP contribution in [0.2, 0.25) is 0 Å². The Morgan fingerprint density at radius 3 is 2.52 bits per heavy atom. The third kappa shape index (κ3) is 4.64. The number of rotatable bonds is 4. The molecule has 6 heteroatoms. The Morgan fingerprint density at radius 1 is 1.13 bits per heavy atom. The molecule has 0 bridgehead atoms. The van der Waals surface area contributed by atoms with Crippen molar-refractivity contribution in [1.82, 2.24) is 5.06 Å². The van der Waals surface area contributed by atoms with Crippen LogP contribution in [-0.4, -0.2) is 30.0 Å². The number of hydrogen-bond donors (Lipinski definition) is 0. The molecule has 2 heterocycles. The smallest absolute Gasteiger partial charge is 0.330 e. The molecule has 2 aliphatic heterocycles. The number of fused-ring (bicyclic) bond motifs is 1. The quantitative estimate of drug-likeness (QED) is 0.720. The van der Waals surface area contributed by atoms with Crippen LogP contribution in [0.4, 0.5) is 10.1 Å². The van der Waals surface area contributed by atoms with Crippen molar-refractivity contribution in [2.75, 3.05) is 18.0 Å². The lowest BCUT2D eigenvalue weighted by molar-refractivity contribution is -0.204. The topological polar surface area (TPSA) is 49.9 Å². The molecule has 0 aliphatic carbocycles. The van der Waals surface area contributed by atoms with Crippen molar-refractivity contribution in [3.8, 4) is 0 Å². The van der Waals surface area contributed by atoms with E-state index in [0.717, 1.165) is 29.7 Å². The van der Waals surface area contributed by atoms with Gasteiger partial charge < -0.3 is 9.74 Å². The van der Waals surface area contributed by atoms with Gasteiger partial charge in [-0.3, -0.25) is 4.79 Å². The lowest BCUT2D eigenvalue weighted by Crippen LogP contribution is -2.38. The van der Waals surface area contributed by atoms with Crippen LogP contribution in [0.1, 0.15) is 56.2 Å². The van der Waals surface area contributed by atoms with Crippen LogP contribution in [0.25, 0.3) is 0 Å². The molecular weight excluding hydrogens is 395 g/mol. The number of halogens is 1. The van der Waals surface area contributed by atoms with Crippen LogP contribution in [0.15, 0.2) is 42.5 Å². The summed E-state index contributed by atoms with van der Waals surface area (Å²) in [6, 6.07) is 12.5. The van der Waals surface area contributed by atoms with E-state index in [-0.39, 0.29) is 17.7 Å². The molecule has 2 aliphatic rings. The van der Waals surface area contributed by atoms with E-state index < -0.39 is 5.41 Å². The molecule has 1 fully saturated rings. The van der Waals surface area contributed by atoms with Crippen molar-refractivity contribution >= 4 is 17.6 Å². The van der Waals surface area contributed by atoms with E-state index in [4.69, 9.17) is 4.84 Å². The van der Waals surface area contributed by atoms with Gasteiger partial charge in [0, 0.05) is 18.8 Å². The average molecular weight is 425 g/mol. The predicted octanol–water partition coefficient (Wildman–Crippen LogP) is 4.60. The number of nitrogens with zero attached hydrogens (tertiary/aromatic N) is 2. The second-order valence-electron chi connectivity index (χ2n) is 9.46. The molecule has 4 rings (SSSR count). The fraction of sp³-hybridized carbons (Fsp3) is 0.440. The van der Waals surface area contributed by atoms with Gasteiger partial charge in [0.1, 0.15) is 5.82 Å². The number of benzene rings is 2. The molecule has 0 saturated carbocycles. The van der Waals surface area contributed by atoms with Crippen molar-refractivity contribution < 1.29 is 18.8 Å². The van der Waals surface area contributed by atoms with E-state index >= 15 is 0 Å². The fourth-order valence-corrected chi connectivity index (χ4v) is 4.30. The molecule has 0 radical (unpaired) electrons. The van der Waals surface area contributed by atoms with Crippen molar-refractivity contribution in [3.63, 3.8) is 0 Å². The summed E-state index contributed by atoms with van der Waals surface area (Å²) < 4.78 is 13.6. The largest absolute Gasteiger partial charge is 0.367 e. The molecule has 2 aromatic carbocycles. The van der Waals surface area contributed by atoms with Crippen LogP contribution in [-0.2, 0) is 27.4 Å². The Balaban J connectivity index is 1.47. The normalized spacial score (nSPS) is 17.7. The summed E-state index contributed by atoms with van der Waals surface area (Å²) >= 11 is 0. The highest BCUT2D eigenvalue weighted by Crippen LogP contribution is 2.39. The molecule has 0 unspecified atom stereocenters. The van der Waals surface area contributed by atoms with E-state index in [0.29, 0.717) is 32.0 Å². The summed E-state index contributed by atoms with van der Waals surface area (Å²) in [5.41, 5.74) is 3.46. The van der Waals surface area contributed by atoms with E-state index in [1.165, 1.54) is 17.7 Å². The SMILES string of the molecule is CC(C)(C)C(=O)ON1CCC(c2cccc3c2CC(=O)N3Cc2cccc(F)c2)CC1. The average Bonchev–Trinajstić information content (AvgIpc) is 3.03. The maximum absolute atomic E-state index is 13.6. The van der Waals surface area contributed by atoms with Gasteiger partial charge in [-0.1, -0.05) is 24.3 Å². The third-order valence-corrected chi connectivity index (χ3v) is 6.06. The van der Waals surface area contributed by atoms with Gasteiger partial charge in [-0.15, -0.1) is 5.06 Å². The van der Waals surface area contributed by atoms with Crippen LogP contribution >= 0.6 is 0 Å². The Bertz CT molecular complexity index is 991. The lowest BCUT2D eigenvalue weighted by atomic mass is 9.86. The van der Waals surface area contributed by atoms with Gasteiger partial charge in [0.15, 0.2) is 0 Å². The monoisotopic (exact) mass is 424 g/mol. The van der Waals surface area contributed by atoms with Gasteiger partial charge in [0.05, 0.1) is 18.4 Å². The zero-order valence-electron chi connectivity index (χ0n) is 18.4. The fourth-order valence-electron chi connectivity index (χ4n) is 4.30. The number of carbonyl (C=O) groups excluding carboxylic acids is 2. The molecule has 0 N–H and O–H groups in total. The first-order valence-electron chi connectivity index (χ1n) is 10.9. The van der Waals surface area contributed by atoms with Gasteiger partial charge in [0.2, 0.25) is 5.91 Å². The number of hydroxylamine groups is 2. The molecule has 0 spiro atoms. The number of anilines is 1. The zero-order chi connectivity index (χ0) is 22.2. The van der Waals surface area contributed by atoms with Gasteiger partial charge in [-0.2, -0.15) is 0 Å². The minimum Gasteiger partial charge on any atom is -0.367 e. The summed E-state index contributed by atoms with van der Waals surface area (Å²) in [5.74, 6) is -0.146. The van der Waals surface area contributed by atoms with E-state index in [2.05, 4.69) is 6.07 Å². The Kier molecular flexibility index (Phi) is 5.84. The van der Waals surface area contributed by atoms with Gasteiger partial charge >= 0.3 is 5.97 Å². The molecule has 31 heavy (non-hydrogen) atoms. The van der Waals surface area contributed by atoms with Crippen LogP contribution in [0.3, 0.4) is 0 Å². The maximum atomic E-state index is 13.6. The number of piperidine rings is 1. The molecule has 1 saturated heterocycles. The van der Waals surface area contributed by atoms with Crippen molar-refractivity contribution in [2.45, 2.75) is 52.5 Å². The summed E-state index contributed by atoms with van der Waals surface area (Å²) in [4.78, 5) is 32.2. The van der Waals surface area contributed by atoms with Crippen molar-refractivity contribution in [3.05, 3.63) is 65.0 Å². The second kappa shape index (κ2) is 8.42. The first kappa shape index (κ1) is 21.5. The van der Waals surface area contributed by atoms with E-state index in [1.807, 2.05) is 39.0 Å². The van der Waals surface area contributed by atoms with Crippen LogP contribution in [0, 0.1) is 11.2 Å². The summed E-state index contributed by atoms with van der Waals surface area (Å²) in [5, 5.41) is 1.76. The summed E-state index contributed by atoms with van der Waals surface area (Å²) in [6.07, 6.45) is 2.11. The molecule has 164 valence electrons. The summed E-state index contributed by atoms with van der Waals surface area (Å²) in [7, 11) is 0. The molecule has 0 aromatic heterocycles. The van der Waals surface area contributed by atoms with E-state index in [9.17, 15) is 14.0 Å². The second-order valence-corrected chi connectivity index (χ2v) is 9.46. The molecule has 1 amide bonds. The number of carbonyl (C=O) groups is 2. The minimum absolute atomic E-state index is 0.0447. The first-order chi connectivity index (χ1) is 14.7. The van der Waals surface area contributed by atoms with Crippen molar-refractivity contribution in [2.24, 2.45) is 5.41 Å². The number of amides is 1. The van der Waals surface area contributed by atoms with Crippen LogP contribution in [0.5, 0.6) is 0 Å². The molecule has 5 nitrogen and oxygen atoms in total. The number of hydrogen-bond acceptors (Lipinski definition) is 4. The van der Waals surface area contributed by atoms with E-state index in [1.54, 1.807) is 16.0 Å². The zero-order valence-corrected chi connectivity index (χ0v) is 18.4. The van der Waals surface area contributed by atoms with Gasteiger partial charge in [0.25, 0.3) is 0 Å². The standard InChI is InChI=1S/C25H29FN2O3/c1-25(2,3)24(30)31-27-12-10-18(11-13-27)20-8-5-9-22-21(20)15-23(29)28(22)16-17-6-4-7-19(26)14-17/h4-9,14,18H,10-13,15-16H2,1-3H3. The highest BCUT2D eigenvalue weighted by atomic mass is 19.1. The Labute approximate surface area is 182 Å². The van der Waals surface area contributed by atoms with Crippen LogP contribution < -0.4 is 4.90 Å². The van der Waals surface area contributed by atoms with Gasteiger partial charge in [-0.05, 0) is 74.4 Å². The first-order valence-corrected chi connectivity index (χ1v) is 10.9. The molecule has 2 aromatic rings. The molecule has 0 atom stereocenters.